The van der Waals surface area contributed by atoms with Gasteiger partial charge in [-0.1, -0.05) is 13.8 Å². The SMILES string of the molecule is CC(C)(CO)CNC(=O)c1ccc(NS(C)(=O)=O)cc1. The molecule has 7 heteroatoms. The molecular formula is C13H20N2O4S. The van der Waals surface area contributed by atoms with Crippen LogP contribution in [-0.2, 0) is 10.0 Å². The number of anilines is 1. The number of aliphatic hydroxyl groups excluding tert-OH is 1. The van der Waals surface area contributed by atoms with E-state index < -0.39 is 10.0 Å². The number of benzene rings is 1. The van der Waals surface area contributed by atoms with Crippen LogP contribution >= 0.6 is 0 Å². The second kappa shape index (κ2) is 6.23. The Morgan fingerprint density at radius 1 is 1.25 bits per heavy atom. The van der Waals surface area contributed by atoms with Crippen LogP contribution in [0.1, 0.15) is 24.2 Å². The first-order valence-electron chi connectivity index (χ1n) is 6.10. The number of hydrogen-bond acceptors (Lipinski definition) is 4. The van der Waals surface area contributed by atoms with Crippen molar-refractivity contribution < 1.29 is 18.3 Å². The maximum Gasteiger partial charge on any atom is 0.251 e. The van der Waals surface area contributed by atoms with Crippen LogP contribution in [0.2, 0.25) is 0 Å². The van der Waals surface area contributed by atoms with Gasteiger partial charge in [0.15, 0.2) is 0 Å². The van der Waals surface area contributed by atoms with Gasteiger partial charge in [-0.3, -0.25) is 9.52 Å². The minimum atomic E-state index is -3.32. The summed E-state index contributed by atoms with van der Waals surface area (Å²) in [6.07, 6.45) is 1.06. The van der Waals surface area contributed by atoms with Gasteiger partial charge in [-0.15, -0.1) is 0 Å². The van der Waals surface area contributed by atoms with Crippen molar-refractivity contribution in [2.75, 3.05) is 24.1 Å². The van der Waals surface area contributed by atoms with Gasteiger partial charge in [0.25, 0.3) is 5.91 Å². The molecular weight excluding hydrogens is 280 g/mol. The fraction of sp³-hybridized carbons (Fsp3) is 0.462. The molecule has 0 radical (unpaired) electrons. The van der Waals surface area contributed by atoms with Crippen molar-refractivity contribution in [3.63, 3.8) is 0 Å². The van der Waals surface area contributed by atoms with Gasteiger partial charge >= 0.3 is 0 Å². The van der Waals surface area contributed by atoms with Gasteiger partial charge in [0.1, 0.15) is 0 Å². The average molecular weight is 300 g/mol. The van der Waals surface area contributed by atoms with Crippen molar-refractivity contribution in [1.29, 1.82) is 0 Å². The molecule has 20 heavy (non-hydrogen) atoms. The summed E-state index contributed by atoms with van der Waals surface area (Å²) in [5.41, 5.74) is 0.450. The highest BCUT2D eigenvalue weighted by Gasteiger charge is 2.17. The Morgan fingerprint density at radius 2 is 1.80 bits per heavy atom. The zero-order valence-corrected chi connectivity index (χ0v) is 12.6. The number of hydrogen-bond donors (Lipinski definition) is 3. The predicted octanol–water partition coefficient (Wildman–Crippen LogP) is 0.806. The Labute approximate surface area is 119 Å². The van der Waals surface area contributed by atoms with Crippen molar-refractivity contribution in [3.05, 3.63) is 29.8 Å². The number of rotatable bonds is 6. The van der Waals surface area contributed by atoms with Crippen molar-refractivity contribution in [3.8, 4) is 0 Å². The Hall–Kier alpha value is -1.60. The first-order valence-corrected chi connectivity index (χ1v) is 7.99. The van der Waals surface area contributed by atoms with E-state index >= 15 is 0 Å². The Bertz CT molecular complexity index is 565. The number of amides is 1. The molecule has 1 amide bonds. The van der Waals surface area contributed by atoms with E-state index in [2.05, 4.69) is 10.0 Å². The lowest BCUT2D eigenvalue weighted by Gasteiger charge is -2.21. The second-order valence-electron chi connectivity index (χ2n) is 5.46. The van der Waals surface area contributed by atoms with Gasteiger partial charge < -0.3 is 10.4 Å². The minimum absolute atomic E-state index is 0.0233. The molecule has 0 bridgehead atoms. The second-order valence-corrected chi connectivity index (χ2v) is 7.21. The quantitative estimate of drug-likeness (QED) is 0.724. The molecule has 0 saturated carbocycles. The van der Waals surface area contributed by atoms with Crippen LogP contribution in [0.15, 0.2) is 24.3 Å². The van der Waals surface area contributed by atoms with E-state index in [9.17, 15) is 13.2 Å². The zero-order valence-electron chi connectivity index (χ0n) is 11.8. The van der Waals surface area contributed by atoms with Gasteiger partial charge in [-0.25, -0.2) is 8.42 Å². The van der Waals surface area contributed by atoms with Crippen LogP contribution in [-0.4, -0.2) is 38.8 Å². The van der Waals surface area contributed by atoms with E-state index in [1.165, 1.54) is 24.3 Å². The molecule has 1 aromatic carbocycles. The van der Waals surface area contributed by atoms with Gasteiger partial charge in [-0.05, 0) is 24.3 Å². The number of carbonyl (C=O) groups is 1. The fourth-order valence-electron chi connectivity index (χ4n) is 1.38. The van der Waals surface area contributed by atoms with Crippen LogP contribution in [0.4, 0.5) is 5.69 Å². The lowest BCUT2D eigenvalue weighted by Crippen LogP contribution is -2.36. The summed E-state index contributed by atoms with van der Waals surface area (Å²) in [4.78, 5) is 11.9. The van der Waals surface area contributed by atoms with E-state index in [1.54, 1.807) is 0 Å². The highest BCUT2D eigenvalue weighted by molar-refractivity contribution is 7.92. The average Bonchev–Trinajstić information content (AvgIpc) is 2.35. The topological polar surface area (TPSA) is 95.5 Å². The predicted molar refractivity (Wildman–Crippen MR) is 78.1 cm³/mol. The number of aliphatic hydroxyl groups is 1. The van der Waals surface area contributed by atoms with Crippen molar-refractivity contribution in [2.24, 2.45) is 5.41 Å². The third-order valence-electron chi connectivity index (χ3n) is 2.61. The normalized spacial score (nSPS) is 12.0. The van der Waals surface area contributed by atoms with E-state index in [4.69, 9.17) is 5.11 Å². The monoisotopic (exact) mass is 300 g/mol. The minimum Gasteiger partial charge on any atom is -0.396 e. The lowest BCUT2D eigenvalue weighted by atomic mass is 9.95. The molecule has 112 valence electrons. The summed E-state index contributed by atoms with van der Waals surface area (Å²) < 4.78 is 24.4. The van der Waals surface area contributed by atoms with Gasteiger partial charge in [0, 0.05) is 29.8 Å². The maximum absolute atomic E-state index is 11.9. The largest absolute Gasteiger partial charge is 0.396 e. The highest BCUT2D eigenvalue weighted by atomic mass is 32.2. The van der Waals surface area contributed by atoms with Crippen LogP contribution in [0.3, 0.4) is 0 Å². The van der Waals surface area contributed by atoms with Crippen LogP contribution in [0.5, 0.6) is 0 Å². The van der Waals surface area contributed by atoms with E-state index in [1.807, 2.05) is 13.8 Å². The molecule has 0 aliphatic rings. The molecule has 0 spiro atoms. The molecule has 6 nitrogen and oxygen atoms in total. The number of nitrogens with one attached hydrogen (secondary N) is 2. The summed E-state index contributed by atoms with van der Waals surface area (Å²) in [7, 11) is -3.32. The van der Waals surface area contributed by atoms with E-state index in [0.717, 1.165) is 6.26 Å². The van der Waals surface area contributed by atoms with Gasteiger partial charge in [0.05, 0.1) is 6.26 Å². The zero-order chi connectivity index (χ0) is 15.4. The van der Waals surface area contributed by atoms with E-state index in [-0.39, 0.29) is 17.9 Å². The molecule has 0 aliphatic carbocycles. The fourth-order valence-corrected chi connectivity index (χ4v) is 1.95. The summed E-state index contributed by atoms with van der Waals surface area (Å²) >= 11 is 0. The molecule has 1 aromatic rings. The highest BCUT2D eigenvalue weighted by Crippen LogP contribution is 2.13. The summed E-state index contributed by atoms with van der Waals surface area (Å²) in [5.74, 6) is -0.266. The third kappa shape index (κ3) is 5.58. The first-order chi connectivity index (χ1) is 9.13. The lowest BCUT2D eigenvalue weighted by molar-refractivity contribution is 0.0911. The Balaban J connectivity index is 2.67. The van der Waals surface area contributed by atoms with Crippen LogP contribution in [0, 0.1) is 5.41 Å². The molecule has 0 aromatic heterocycles. The van der Waals surface area contributed by atoms with Gasteiger partial charge in [0.2, 0.25) is 10.0 Å². The van der Waals surface area contributed by atoms with Crippen molar-refractivity contribution in [2.45, 2.75) is 13.8 Å². The standard InChI is InChI=1S/C13H20N2O4S/c1-13(2,9-16)8-14-12(17)10-4-6-11(7-5-10)15-20(3,18)19/h4-7,15-16H,8-9H2,1-3H3,(H,14,17). The number of carbonyl (C=O) groups excluding carboxylic acids is 1. The molecule has 1 rings (SSSR count). The molecule has 0 fully saturated rings. The van der Waals surface area contributed by atoms with Gasteiger partial charge in [-0.2, -0.15) is 0 Å². The Morgan fingerprint density at radius 3 is 2.25 bits per heavy atom. The maximum atomic E-state index is 11.9. The summed E-state index contributed by atoms with van der Waals surface area (Å²) in [6, 6.07) is 6.11. The third-order valence-corrected chi connectivity index (χ3v) is 3.21. The molecule has 0 unspecified atom stereocenters. The number of sulfonamides is 1. The molecule has 3 N–H and O–H groups in total. The van der Waals surface area contributed by atoms with Crippen molar-refractivity contribution in [1.82, 2.24) is 5.32 Å². The molecule has 0 aliphatic heterocycles. The smallest absolute Gasteiger partial charge is 0.251 e. The summed E-state index contributed by atoms with van der Waals surface area (Å²) in [5, 5.41) is 11.8. The van der Waals surface area contributed by atoms with E-state index in [0.29, 0.717) is 17.8 Å². The molecule has 0 heterocycles. The van der Waals surface area contributed by atoms with Crippen LogP contribution < -0.4 is 10.0 Å². The molecule has 0 saturated heterocycles. The van der Waals surface area contributed by atoms with Crippen molar-refractivity contribution >= 4 is 21.6 Å². The Kier molecular flexibility index (Phi) is 5.13. The first kappa shape index (κ1) is 16.5. The summed E-state index contributed by atoms with van der Waals surface area (Å²) in [6.45, 7) is 4.01. The molecule has 0 atom stereocenters. The van der Waals surface area contributed by atoms with Crippen LogP contribution in [0.25, 0.3) is 0 Å².